The van der Waals surface area contributed by atoms with Crippen LogP contribution in [0.4, 0.5) is 10.1 Å². The highest BCUT2D eigenvalue weighted by molar-refractivity contribution is 7.07. The van der Waals surface area contributed by atoms with E-state index in [2.05, 4.69) is 4.99 Å². The zero-order chi connectivity index (χ0) is 17.4. The van der Waals surface area contributed by atoms with Crippen molar-refractivity contribution in [1.82, 2.24) is 4.57 Å². The zero-order valence-corrected chi connectivity index (χ0v) is 14.6. The van der Waals surface area contributed by atoms with Crippen LogP contribution in [0.15, 0.2) is 58.3 Å². The van der Waals surface area contributed by atoms with E-state index in [1.54, 1.807) is 28.8 Å². The van der Waals surface area contributed by atoms with E-state index in [0.717, 1.165) is 11.3 Å². The predicted molar refractivity (Wildman–Crippen MR) is 98.1 cm³/mol. The van der Waals surface area contributed by atoms with Gasteiger partial charge >= 0.3 is 0 Å². The topological polar surface area (TPSA) is 37.6 Å². The molecule has 25 heavy (non-hydrogen) atoms. The first-order valence-electron chi connectivity index (χ1n) is 7.62. The fourth-order valence-corrected chi connectivity index (χ4v) is 3.73. The van der Waals surface area contributed by atoms with Crippen molar-refractivity contribution in [1.29, 1.82) is 0 Å². The molecule has 3 aromatic rings. The van der Waals surface area contributed by atoms with Crippen LogP contribution in [0.5, 0.6) is 0 Å². The Morgan fingerprint density at radius 1 is 1.12 bits per heavy atom. The molecule has 0 aliphatic carbocycles. The Labute approximate surface area is 151 Å². The lowest BCUT2D eigenvalue weighted by molar-refractivity contribution is 0.568. The van der Waals surface area contributed by atoms with Gasteiger partial charge in [0.15, 0.2) is 4.80 Å². The monoisotopic (exact) mass is 373 g/mol. The summed E-state index contributed by atoms with van der Waals surface area (Å²) in [6, 6.07) is 13.5. The van der Waals surface area contributed by atoms with E-state index in [1.807, 2.05) is 23.1 Å². The summed E-state index contributed by atoms with van der Waals surface area (Å²) < 4.78 is 15.3. The van der Waals surface area contributed by atoms with Crippen LogP contribution in [0.2, 0.25) is 5.02 Å². The van der Waals surface area contributed by atoms with Gasteiger partial charge in [-0.2, -0.15) is 0 Å². The smallest absolute Gasteiger partial charge is 0.271 e. The number of aromatic nitrogens is 1. The van der Waals surface area contributed by atoms with Gasteiger partial charge in [-0.3, -0.25) is 9.36 Å². The van der Waals surface area contributed by atoms with E-state index in [-0.39, 0.29) is 11.4 Å². The van der Waals surface area contributed by atoms with Crippen molar-refractivity contribution in [2.45, 2.75) is 6.67 Å². The molecule has 0 radical (unpaired) electrons. The lowest BCUT2D eigenvalue weighted by Crippen LogP contribution is -2.42. The maximum Gasteiger partial charge on any atom is 0.271 e. The molecule has 0 saturated carbocycles. The maximum atomic E-state index is 13.1. The van der Waals surface area contributed by atoms with Crippen molar-refractivity contribution >= 4 is 34.7 Å². The quantitative estimate of drug-likeness (QED) is 0.692. The van der Waals surface area contributed by atoms with Crippen LogP contribution in [-0.2, 0) is 6.67 Å². The number of anilines is 1. The molecule has 0 saturated heterocycles. The van der Waals surface area contributed by atoms with Crippen LogP contribution in [0.1, 0.15) is 5.56 Å². The number of benzene rings is 2. The summed E-state index contributed by atoms with van der Waals surface area (Å²) in [7, 11) is 0. The largest absolute Gasteiger partial charge is 0.334 e. The first kappa shape index (κ1) is 16.1. The Kier molecular flexibility index (Phi) is 4.15. The van der Waals surface area contributed by atoms with Crippen molar-refractivity contribution in [3.05, 3.63) is 84.6 Å². The summed E-state index contributed by atoms with van der Waals surface area (Å²) in [6.45, 7) is 0.834. The van der Waals surface area contributed by atoms with E-state index < -0.39 is 0 Å². The Morgan fingerprint density at radius 3 is 2.56 bits per heavy atom. The number of halogens is 2. The Balaban J connectivity index is 1.70. The molecule has 0 amide bonds. The predicted octanol–water partition coefficient (Wildman–Crippen LogP) is 2.59. The van der Waals surface area contributed by atoms with Crippen LogP contribution in [-0.4, -0.2) is 11.2 Å². The molecular formula is C18H13ClFN3OS. The van der Waals surface area contributed by atoms with E-state index in [4.69, 9.17) is 11.6 Å². The van der Waals surface area contributed by atoms with Gasteiger partial charge < -0.3 is 4.90 Å². The maximum absolute atomic E-state index is 13.1. The van der Waals surface area contributed by atoms with Gasteiger partial charge in [0.1, 0.15) is 19.2 Å². The molecule has 0 N–H and O–H groups in total. The summed E-state index contributed by atoms with van der Waals surface area (Å²) in [6.07, 6.45) is 1.84. The van der Waals surface area contributed by atoms with Crippen molar-refractivity contribution < 1.29 is 4.39 Å². The van der Waals surface area contributed by atoms with Crippen molar-refractivity contribution in [2.75, 3.05) is 11.6 Å². The normalized spacial score (nSPS) is 14.3. The van der Waals surface area contributed by atoms with Crippen LogP contribution >= 0.6 is 22.9 Å². The van der Waals surface area contributed by atoms with E-state index in [1.165, 1.54) is 23.5 Å². The van der Waals surface area contributed by atoms with E-state index in [0.29, 0.717) is 27.7 Å². The number of thiazole rings is 1. The second-order valence-corrected chi connectivity index (χ2v) is 7.08. The number of nitrogens with zero attached hydrogens (tertiary/aromatic N) is 3. The first-order chi connectivity index (χ1) is 12.1. The molecule has 1 aliphatic heterocycles. The molecule has 0 atom stereocenters. The molecule has 1 aliphatic rings. The van der Waals surface area contributed by atoms with Gasteiger partial charge in [0, 0.05) is 10.7 Å². The third-order valence-electron chi connectivity index (χ3n) is 3.94. The molecule has 126 valence electrons. The van der Waals surface area contributed by atoms with Gasteiger partial charge in [0.2, 0.25) is 0 Å². The van der Waals surface area contributed by atoms with Gasteiger partial charge in [-0.25, -0.2) is 9.38 Å². The second kappa shape index (κ2) is 6.46. The molecule has 4 rings (SSSR count). The summed E-state index contributed by atoms with van der Waals surface area (Å²) in [4.78, 5) is 19.8. The lowest BCUT2D eigenvalue weighted by atomic mass is 10.2. The Hall–Kier alpha value is -2.44. The molecular weight excluding hydrogens is 361 g/mol. The standard InChI is InChI=1S/C18H13ClFN3OS/c19-13-3-1-12(2-4-13)9-16-17(24)23-11-22(10-21-18(23)25-16)15-7-5-14(20)6-8-15/h1-9H,10-11H2. The summed E-state index contributed by atoms with van der Waals surface area (Å²) in [5.41, 5.74) is 1.67. The second-order valence-electron chi connectivity index (χ2n) is 5.64. The molecule has 0 unspecified atom stereocenters. The first-order valence-corrected chi connectivity index (χ1v) is 8.81. The SMILES string of the molecule is O=c1c(=Cc2ccc(Cl)cc2)sc2n1CN(c1ccc(F)cc1)CN=2. The van der Waals surface area contributed by atoms with Crippen LogP contribution in [0, 0.1) is 5.82 Å². The fourth-order valence-electron chi connectivity index (χ4n) is 2.64. The zero-order valence-electron chi connectivity index (χ0n) is 13.0. The molecule has 7 heteroatoms. The van der Waals surface area contributed by atoms with Crippen LogP contribution in [0.25, 0.3) is 6.08 Å². The van der Waals surface area contributed by atoms with Gasteiger partial charge in [-0.1, -0.05) is 35.1 Å². The highest BCUT2D eigenvalue weighted by atomic mass is 35.5. The minimum atomic E-state index is -0.286. The van der Waals surface area contributed by atoms with Gasteiger partial charge in [-0.15, -0.1) is 0 Å². The number of hydrogen-bond donors (Lipinski definition) is 0. The average molecular weight is 374 g/mol. The summed E-state index contributed by atoms with van der Waals surface area (Å²) in [5, 5.41) is 0.657. The van der Waals surface area contributed by atoms with Crippen LogP contribution in [0.3, 0.4) is 0 Å². The highest BCUT2D eigenvalue weighted by Gasteiger charge is 2.15. The molecule has 4 nitrogen and oxygen atoms in total. The lowest BCUT2D eigenvalue weighted by Gasteiger charge is -2.25. The number of fused-ring (bicyclic) bond motifs is 1. The molecule has 0 bridgehead atoms. The third kappa shape index (κ3) is 3.23. The van der Waals surface area contributed by atoms with Crippen molar-refractivity contribution in [3.8, 4) is 0 Å². The third-order valence-corrected chi connectivity index (χ3v) is 5.23. The Bertz CT molecular complexity index is 1090. The van der Waals surface area contributed by atoms with Gasteiger partial charge in [0.05, 0.1) is 4.53 Å². The van der Waals surface area contributed by atoms with Crippen LogP contribution < -0.4 is 19.8 Å². The van der Waals surface area contributed by atoms with Crippen molar-refractivity contribution in [2.24, 2.45) is 4.99 Å². The summed E-state index contributed by atoms with van der Waals surface area (Å²) in [5.74, 6) is -0.286. The molecule has 1 aromatic heterocycles. The number of hydrogen-bond acceptors (Lipinski definition) is 4. The van der Waals surface area contributed by atoms with E-state index in [9.17, 15) is 9.18 Å². The fraction of sp³-hybridized carbons (Fsp3) is 0.111. The van der Waals surface area contributed by atoms with Gasteiger partial charge in [-0.05, 0) is 48.0 Å². The number of rotatable bonds is 2. The van der Waals surface area contributed by atoms with Gasteiger partial charge in [0.25, 0.3) is 5.56 Å². The molecule has 2 heterocycles. The molecule has 2 aromatic carbocycles. The molecule has 0 spiro atoms. The highest BCUT2D eigenvalue weighted by Crippen LogP contribution is 2.16. The van der Waals surface area contributed by atoms with Crippen molar-refractivity contribution in [3.63, 3.8) is 0 Å². The Morgan fingerprint density at radius 2 is 1.84 bits per heavy atom. The minimum Gasteiger partial charge on any atom is -0.334 e. The minimum absolute atomic E-state index is 0.0782. The van der Waals surface area contributed by atoms with E-state index >= 15 is 0 Å². The summed E-state index contributed by atoms with van der Waals surface area (Å²) >= 11 is 7.26. The molecule has 0 fully saturated rings. The average Bonchev–Trinajstić information content (AvgIpc) is 2.93.